The first-order valence-electron chi connectivity index (χ1n) is 7.44. The number of amides is 1. The van der Waals surface area contributed by atoms with Crippen molar-refractivity contribution in [2.75, 3.05) is 6.54 Å². The molecule has 4 rings (SSSR count). The van der Waals surface area contributed by atoms with Crippen molar-refractivity contribution in [1.82, 2.24) is 14.5 Å². The van der Waals surface area contributed by atoms with Crippen LogP contribution in [0.4, 0.5) is 4.79 Å². The lowest BCUT2D eigenvalue weighted by Gasteiger charge is -2.25. The Kier molecular flexibility index (Phi) is 3.71. The van der Waals surface area contributed by atoms with E-state index in [1.54, 1.807) is 12.1 Å². The van der Waals surface area contributed by atoms with Gasteiger partial charge in [0.2, 0.25) is 0 Å². The topological polar surface area (TPSA) is 78.6 Å². The van der Waals surface area contributed by atoms with Crippen LogP contribution in [0.25, 0.3) is 11.0 Å². The molecule has 124 valence electrons. The van der Waals surface area contributed by atoms with E-state index >= 15 is 0 Å². The molecule has 1 unspecified atom stereocenters. The third kappa shape index (κ3) is 2.45. The minimum absolute atomic E-state index is 0.254. The lowest BCUT2D eigenvalue weighted by molar-refractivity contribution is 0.132. The van der Waals surface area contributed by atoms with Gasteiger partial charge in [-0.05, 0) is 18.2 Å². The van der Waals surface area contributed by atoms with Crippen molar-refractivity contribution < 1.29 is 15.0 Å². The second-order valence-electron chi connectivity index (χ2n) is 5.64. The van der Waals surface area contributed by atoms with Crippen LogP contribution in [0.5, 0.6) is 0 Å². The molecule has 1 aromatic carbocycles. The standard InChI is InChI=1S/C16H14ClN3O3S/c17-12-5-4-11(24-12)15(21)9-2-1-3-10-14(9)18-13-8-19(16(22)23)6-7-20(10)13/h1-5,15,21H,6-8H2,(H,22,23). The Morgan fingerprint density at radius 1 is 1.29 bits per heavy atom. The number of aromatic nitrogens is 2. The van der Waals surface area contributed by atoms with Crippen LogP contribution in [0, 0.1) is 0 Å². The summed E-state index contributed by atoms with van der Waals surface area (Å²) in [4.78, 5) is 17.9. The second-order valence-corrected chi connectivity index (χ2v) is 7.39. The van der Waals surface area contributed by atoms with Gasteiger partial charge in [0.05, 0.1) is 21.9 Å². The van der Waals surface area contributed by atoms with E-state index in [0.717, 1.165) is 10.4 Å². The maximum absolute atomic E-state index is 11.2. The van der Waals surface area contributed by atoms with E-state index in [4.69, 9.17) is 11.6 Å². The van der Waals surface area contributed by atoms with Crippen molar-refractivity contribution in [3.63, 3.8) is 0 Å². The molecule has 1 amide bonds. The molecule has 0 fully saturated rings. The predicted molar refractivity (Wildman–Crippen MR) is 91.6 cm³/mol. The lowest BCUT2D eigenvalue weighted by Crippen LogP contribution is -2.37. The van der Waals surface area contributed by atoms with E-state index in [0.29, 0.717) is 34.3 Å². The van der Waals surface area contributed by atoms with Gasteiger partial charge in [-0.25, -0.2) is 9.78 Å². The van der Waals surface area contributed by atoms with Crippen LogP contribution in [0.15, 0.2) is 30.3 Å². The summed E-state index contributed by atoms with van der Waals surface area (Å²) in [6, 6.07) is 9.23. The zero-order chi connectivity index (χ0) is 16.8. The first kappa shape index (κ1) is 15.4. The fourth-order valence-electron chi connectivity index (χ4n) is 3.07. The van der Waals surface area contributed by atoms with E-state index in [9.17, 15) is 15.0 Å². The Bertz CT molecular complexity index is 936. The third-order valence-electron chi connectivity index (χ3n) is 4.24. The molecule has 2 aromatic heterocycles. The average Bonchev–Trinajstić information content (AvgIpc) is 3.16. The number of rotatable bonds is 2. The summed E-state index contributed by atoms with van der Waals surface area (Å²) in [5.74, 6) is 0.697. The maximum Gasteiger partial charge on any atom is 0.407 e. The lowest BCUT2D eigenvalue weighted by atomic mass is 10.1. The molecule has 0 bridgehead atoms. The number of imidazole rings is 1. The second kappa shape index (κ2) is 5.77. The Morgan fingerprint density at radius 3 is 2.83 bits per heavy atom. The number of halogens is 1. The Balaban J connectivity index is 1.80. The van der Waals surface area contributed by atoms with Crippen LogP contribution in [0.2, 0.25) is 4.34 Å². The molecule has 24 heavy (non-hydrogen) atoms. The summed E-state index contributed by atoms with van der Waals surface area (Å²) in [5, 5.41) is 19.9. The van der Waals surface area contributed by atoms with Crippen molar-refractivity contribution >= 4 is 40.1 Å². The quantitative estimate of drug-likeness (QED) is 0.732. The van der Waals surface area contributed by atoms with Gasteiger partial charge in [-0.1, -0.05) is 23.7 Å². The van der Waals surface area contributed by atoms with E-state index in [2.05, 4.69) is 4.98 Å². The highest BCUT2D eigenvalue weighted by Crippen LogP contribution is 2.34. The van der Waals surface area contributed by atoms with E-state index in [-0.39, 0.29) is 6.54 Å². The Labute approximate surface area is 146 Å². The van der Waals surface area contributed by atoms with Gasteiger partial charge in [0.25, 0.3) is 0 Å². The fraction of sp³-hybridized carbons (Fsp3) is 0.250. The Morgan fingerprint density at radius 2 is 2.12 bits per heavy atom. The molecule has 6 nitrogen and oxygen atoms in total. The highest BCUT2D eigenvalue weighted by molar-refractivity contribution is 7.16. The molecular formula is C16H14ClN3O3S. The van der Waals surface area contributed by atoms with Crippen LogP contribution >= 0.6 is 22.9 Å². The van der Waals surface area contributed by atoms with Gasteiger partial charge >= 0.3 is 6.09 Å². The third-order valence-corrected chi connectivity index (χ3v) is 5.53. The number of hydrogen-bond donors (Lipinski definition) is 2. The first-order chi connectivity index (χ1) is 11.5. The zero-order valence-corrected chi connectivity index (χ0v) is 14.1. The number of thiophene rings is 1. The predicted octanol–water partition coefficient (Wildman–Crippen LogP) is 3.33. The zero-order valence-electron chi connectivity index (χ0n) is 12.5. The van der Waals surface area contributed by atoms with Crippen molar-refractivity contribution in [3.05, 3.63) is 50.9 Å². The van der Waals surface area contributed by atoms with Gasteiger partial charge in [-0.3, -0.25) is 4.90 Å². The number of aliphatic hydroxyl groups excluding tert-OH is 1. The summed E-state index contributed by atoms with van der Waals surface area (Å²) in [7, 11) is 0. The first-order valence-corrected chi connectivity index (χ1v) is 8.63. The summed E-state index contributed by atoms with van der Waals surface area (Å²) in [6.07, 6.45) is -1.75. The number of benzene rings is 1. The van der Waals surface area contributed by atoms with Crippen LogP contribution in [-0.2, 0) is 13.1 Å². The molecule has 8 heteroatoms. The maximum atomic E-state index is 11.2. The van der Waals surface area contributed by atoms with Crippen molar-refractivity contribution in [3.8, 4) is 0 Å². The molecule has 1 aliphatic rings. The largest absolute Gasteiger partial charge is 0.465 e. The summed E-state index contributed by atoms with van der Waals surface area (Å²) >= 11 is 7.30. The number of carboxylic acid groups (broad SMARTS) is 1. The van der Waals surface area contributed by atoms with Crippen LogP contribution in [0.3, 0.4) is 0 Å². The molecule has 3 aromatic rings. The molecule has 3 heterocycles. The normalized spacial score (nSPS) is 15.5. The van der Waals surface area contributed by atoms with Gasteiger partial charge in [-0.15, -0.1) is 11.3 Å². The van der Waals surface area contributed by atoms with Crippen molar-refractivity contribution in [1.29, 1.82) is 0 Å². The van der Waals surface area contributed by atoms with Gasteiger partial charge in [0.15, 0.2) is 0 Å². The Hall–Kier alpha value is -2.09. The number of nitrogens with zero attached hydrogens (tertiary/aromatic N) is 3. The SMILES string of the molecule is O=C(O)N1CCn2c(nc3c(C(O)c4ccc(Cl)s4)cccc32)C1. The van der Waals surface area contributed by atoms with Crippen molar-refractivity contribution in [2.24, 2.45) is 0 Å². The van der Waals surface area contributed by atoms with Crippen LogP contribution < -0.4 is 0 Å². The molecule has 0 radical (unpaired) electrons. The fourth-order valence-corrected chi connectivity index (χ4v) is 4.14. The average molecular weight is 364 g/mol. The molecule has 1 atom stereocenters. The highest BCUT2D eigenvalue weighted by Gasteiger charge is 2.25. The van der Waals surface area contributed by atoms with E-state index in [1.807, 2.05) is 22.8 Å². The highest BCUT2D eigenvalue weighted by atomic mass is 35.5. The van der Waals surface area contributed by atoms with Gasteiger partial charge < -0.3 is 14.8 Å². The van der Waals surface area contributed by atoms with E-state index in [1.165, 1.54) is 16.2 Å². The molecule has 2 N–H and O–H groups in total. The summed E-state index contributed by atoms with van der Waals surface area (Å²) in [6.45, 7) is 1.24. The smallest absolute Gasteiger partial charge is 0.407 e. The van der Waals surface area contributed by atoms with Crippen molar-refractivity contribution in [2.45, 2.75) is 19.2 Å². The number of fused-ring (bicyclic) bond motifs is 3. The number of carbonyl (C=O) groups is 1. The monoisotopic (exact) mass is 363 g/mol. The van der Waals surface area contributed by atoms with E-state index < -0.39 is 12.2 Å². The molecule has 0 saturated carbocycles. The molecular weight excluding hydrogens is 350 g/mol. The summed E-state index contributed by atoms with van der Waals surface area (Å²) < 4.78 is 2.64. The number of hydrogen-bond acceptors (Lipinski definition) is 4. The van der Waals surface area contributed by atoms with Crippen LogP contribution in [0.1, 0.15) is 22.4 Å². The number of para-hydroxylation sites is 1. The number of aliphatic hydroxyl groups is 1. The van der Waals surface area contributed by atoms with Gasteiger partial charge in [-0.2, -0.15) is 0 Å². The molecule has 0 aliphatic carbocycles. The minimum Gasteiger partial charge on any atom is -0.465 e. The minimum atomic E-state index is -0.943. The summed E-state index contributed by atoms with van der Waals surface area (Å²) in [5.41, 5.74) is 2.32. The molecule has 0 saturated heterocycles. The van der Waals surface area contributed by atoms with Crippen LogP contribution in [-0.4, -0.2) is 37.3 Å². The molecule has 0 spiro atoms. The van der Waals surface area contributed by atoms with Gasteiger partial charge in [0, 0.05) is 23.5 Å². The van der Waals surface area contributed by atoms with Gasteiger partial charge in [0.1, 0.15) is 11.9 Å². The molecule has 1 aliphatic heterocycles.